The fourth-order valence-corrected chi connectivity index (χ4v) is 11.2. The van der Waals surface area contributed by atoms with E-state index in [0.29, 0.717) is 0 Å². The van der Waals surface area contributed by atoms with Crippen molar-refractivity contribution in [3.05, 3.63) is 303 Å². The van der Waals surface area contributed by atoms with Gasteiger partial charge in [-0.15, -0.1) is 11.3 Å². The molecule has 1 heterocycles. The van der Waals surface area contributed by atoms with E-state index < -0.39 is 0 Å². The first-order chi connectivity index (χ1) is 44.9. The van der Waals surface area contributed by atoms with Gasteiger partial charge >= 0.3 is 11.9 Å². The van der Waals surface area contributed by atoms with Gasteiger partial charge in [0.25, 0.3) is 0 Å². The molecular weight excluding hydrogens is 1150 g/mol. The van der Waals surface area contributed by atoms with E-state index >= 15 is 0 Å². The number of methoxy groups -OCH3 is 3. The van der Waals surface area contributed by atoms with Crippen LogP contribution in [0.25, 0.3) is 97.1 Å². The quantitative estimate of drug-likeness (QED) is 0.152. The Hall–Kier alpha value is -9.76. The van der Waals surface area contributed by atoms with E-state index in [0.717, 1.165) is 26.4 Å². The van der Waals surface area contributed by atoms with Gasteiger partial charge in [0.15, 0.2) is 0 Å². The zero-order valence-corrected chi connectivity index (χ0v) is 56.0. The number of thiophene rings is 1. The number of carbonyl (C=O) groups excluding carboxylic acids is 2. The van der Waals surface area contributed by atoms with E-state index in [9.17, 15) is 9.59 Å². The molecule has 10 aromatic carbocycles. The maximum Gasteiger partial charge on any atom is 0.310 e. The highest BCUT2D eigenvalue weighted by molar-refractivity contribution is 7.17. The summed E-state index contributed by atoms with van der Waals surface area (Å²) in [5.74, 6) is -0.414. The third kappa shape index (κ3) is 20.9. The maximum absolute atomic E-state index is 10.6. The molecular formula is C85H88O6S. The number of esters is 2. The molecule has 6 nitrogen and oxygen atoms in total. The predicted octanol–water partition coefficient (Wildman–Crippen LogP) is 21.9. The van der Waals surface area contributed by atoms with Crippen LogP contribution in [0.1, 0.15) is 108 Å². The summed E-state index contributed by atoms with van der Waals surface area (Å²) in [6.07, 6.45) is 29.6. The molecule has 1 aromatic heterocycles. The molecule has 0 saturated carbocycles. The van der Waals surface area contributed by atoms with Crippen LogP contribution in [-0.4, -0.2) is 52.6 Å². The Balaban J connectivity index is 0.000000164. The molecule has 7 heteroatoms. The SMILES string of the molecule is C1=Cc2cccc3cccc1c23.C1=Cc2cccc3cccc1c23.C1=Cc2cccc3cccc1c23.C1=Cc2ccccc2C1.C1=Cc2ccccc2C1.C1=Cc2ccccc2C1.CC.CO.COC.COC(=O)C(C)(C)C.COC(C)=O.c1ccc2sccc2c1. The van der Waals surface area contributed by atoms with Gasteiger partial charge in [0.05, 0.1) is 19.6 Å². The number of benzene rings is 10. The third-order valence-electron chi connectivity index (χ3n) is 14.8. The van der Waals surface area contributed by atoms with Crippen molar-refractivity contribution >= 4 is 120 Å². The van der Waals surface area contributed by atoms with E-state index in [4.69, 9.17) is 5.11 Å². The molecule has 17 rings (SSSR count). The lowest BCUT2D eigenvalue weighted by molar-refractivity contribution is -0.149. The summed E-state index contributed by atoms with van der Waals surface area (Å²) >= 11 is 1.79. The lowest BCUT2D eigenvalue weighted by Crippen LogP contribution is -2.21. The third-order valence-corrected chi connectivity index (χ3v) is 15.7. The molecule has 0 bridgehead atoms. The minimum Gasteiger partial charge on any atom is -0.469 e. The summed E-state index contributed by atoms with van der Waals surface area (Å²) < 4.78 is 14.2. The fourth-order valence-electron chi connectivity index (χ4n) is 10.4. The second-order valence-corrected chi connectivity index (χ2v) is 23.0. The molecule has 0 spiro atoms. The minimum absolute atomic E-state index is 0.169. The normalized spacial score (nSPS) is 11.7. The number of hydrogen-bond acceptors (Lipinski definition) is 7. The minimum atomic E-state index is -0.352. The molecule has 0 radical (unpaired) electrons. The van der Waals surface area contributed by atoms with Crippen LogP contribution in [0.3, 0.4) is 0 Å². The molecule has 6 aliphatic rings. The van der Waals surface area contributed by atoms with Crippen molar-refractivity contribution in [2.24, 2.45) is 5.41 Å². The molecule has 0 saturated heterocycles. The van der Waals surface area contributed by atoms with Crippen LogP contribution in [0, 0.1) is 5.41 Å². The van der Waals surface area contributed by atoms with Crippen LogP contribution in [0.4, 0.5) is 0 Å². The summed E-state index contributed by atoms with van der Waals surface area (Å²) in [5.41, 5.74) is 16.3. The number of ether oxygens (including phenoxy) is 3. The lowest BCUT2D eigenvalue weighted by Gasteiger charge is -2.13. The Morgan fingerprint density at radius 1 is 0.359 bits per heavy atom. The van der Waals surface area contributed by atoms with Gasteiger partial charge in [-0.1, -0.05) is 287 Å². The van der Waals surface area contributed by atoms with Crippen LogP contribution in [0.15, 0.2) is 236 Å². The van der Waals surface area contributed by atoms with Gasteiger partial charge in [-0.25, -0.2) is 0 Å². The molecule has 0 unspecified atom stereocenters. The summed E-state index contributed by atoms with van der Waals surface area (Å²) in [6.45, 7) is 10.8. The zero-order chi connectivity index (χ0) is 66.1. The van der Waals surface area contributed by atoms with Gasteiger partial charge < -0.3 is 19.3 Å². The Labute approximate surface area is 550 Å². The highest BCUT2D eigenvalue weighted by Crippen LogP contribution is 2.33. The summed E-state index contributed by atoms with van der Waals surface area (Å²) in [6, 6.07) is 74.6. The molecule has 470 valence electrons. The summed E-state index contributed by atoms with van der Waals surface area (Å²) in [5, 5.41) is 18.7. The predicted molar refractivity (Wildman–Crippen MR) is 400 cm³/mol. The molecule has 0 amide bonds. The van der Waals surface area contributed by atoms with Crippen LogP contribution in [0.5, 0.6) is 0 Å². The van der Waals surface area contributed by atoms with Crippen molar-refractivity contribution in [3.63, 3.8) is 0 Å². The first-order valence-corrected chi connectivity index (χ1v) is 32.0. The number of hydrogen-bond donors (Lipinski definition) is 1. The van der Waals surface area contributed by atoms with E-state index in [2.05, 4.69) is 305 Å². The van der Waals surface area contributed by atoms with E-state index in [1.54, 1.807) is 25.6 Å². The van der Waals surface area contributed by atoms with Gasteiger partial charge in [0.2, 0.25) is 0 Å². The fraction of sp³-hybridized carbons (Fsp3) is 0.176. The van der Waals surface area contributed by atoms with Crippen molar-refractivity contribution < 1.29 is 28.9 Å². The van der Waals surface area contributed by atoms with E-state index in [1.165, 1.54) is 130 Å². The maximum atomic E-state index is 10.6. The Kier molecular flexibility index (Phi) is 29.5. The average molecular weight is 1240 g/mol. The monoisotopic (exact) mass is 1240 g/mol. The Morgan fingerprint density at radius 3 is 0.870 bits per heavy atom. The highest BCUT2D eigenvalue weighted by atomic mass is 32.1. The van der Waals surface area contributed by atoms with Crippen molar-refractivity contribution in [2.75, 3.05) is 35.5 Å². The van der Waals surface area contributed by atoms with Gasteiger partial charge in [-0.3, -0.25) is 9.59 Å². The van der Waals surface area contributed by atoms with Crippen molar-refractivity contribution in [1.29, 1.82) is 0 Å². The molecule has 6 aliphatic carbocycles. The Bertz CT molecular complexity index is 3810. The number of allylic oxidation sites excluding steroid dienone is 3. The van der Waals surface area contributed by atoms with Crippen molar-refractivity contribution in [3.8, 4) is 0 Å². The van der Waals surface area contributed by atoms with Crippen LogP contribution in [0.2, 0.25) is 0 Å². The lowest BCUT2D eigenvalue weighted by atomic mass is 9.98. The highest BCUT2D eigenvalue weighted by Gasteiger charge is 2.21. The number of carbonyl (C=O) groups is 2. The van der Waals surface area contributed by atoms with Gasteiger partial charge in [0, 0.05) is 33.0 Å². The van der Waals surface area contributed by atoms with Gasteiger partial charge in [-0.2, -0.15) is 0 Å². The standard InChI is InChI=1S/3C12H8.3C9H8.C8H6S.C6H12O2.C3H6O2.C2H6O.C2H6.CH4O/c3*1-3-9-4-2-6-11-8-7-10(5-1)12(9)11;3*1-2-5-9-7-3-6-8(9)4-1;1-2-4-8-7(3-1)5-6-9-8;1-6(2,3)5(7)8-4;1-3(4)5-2;1-3-2;2*1-2/h3*1-8H;3*1-6H,7H2;1-6H;1-4H3;1-2H3;1-2H3;1-2H3;2H,1H3. The topological polar surface area (TPSA) is 82.1 Å². The van der Waals surface area contributed by atoms with Crippen LogP contribution >= 0.6 is 11.3 Å². The largest absolute Gasteiger partial charge is 0.469 e. The molecule has 0 aliphatic heterocycles. The first-order valence-electron chi connectivity index (χ1n) is 31.1. The van der Waals surface area contributed by atoms with E-state index in [-0.39, 0.29) is 17.4 Å². The molecule has 92 heavy (non-hydrogen) atoms. The van der Waals surface area contributed by atoms with Crippen LogP contribution in [-0.2, 0) is 43.1 Å². The summed E-state index contributed by atoms with van der Waals surface area (Å²) in [4.78, 5) is 20.2. The average Bonchev–Trinajstić information content (AvgIpc) is 1.71. The summed E-state index contributed by atoms with van der Waals surface area (Å²) in [7, 11) is 7.00. The molecule has 11 aromatic rings. The number of fused-ring (bicyclic) bond motifs is 4. The number of aliphatic hydroxyl groups excluding tert-OH is 1. The number of rotatable bonds is 0. The second-order valence-electron chi connectivity index (χ2n) is 22.1. The van der Waals surface area contributed by atoms with Crippen LogP contribution < -0.4 is 0 Å². The van der Waals surface area contributed by atoms with Gasteiger partial charge in [0.1, 0.15) is 0 Å². The second kappa shape index (κ2) is 38.1. The zero-order valence-electron chi connectivity index (χ0n) is 55.2. The van der Waals surface area contributed by atoms with Crippen molar-refractivity contribution in [2.45, 2.75) is 60.8 Å². The molecule has 0 fully saturated rings. The molecule has 0 atom stereocenters. The van der Waals surface area contributed by atoms with Gasteiger partial charge in [-0.05, 0) is 162 Å². The first kappa shape index (κ1) is 71.3. The Morgan fingerprint density at radius 2 is 0.620 bits per heavy atom. The number of aliphatic hydroxyl groups is 1. The smallest absolute Gasteiger partial charge is 0.310 e. The van der Waals surface area contributed by atoms with E-state index in [1.807, 2.05) is 34.6 Å². The van der Waals surface area contributed by atoms with Crippen molar-refractivity contribution in [1.82, 2.24) is 0 Å². The molecule has 1 N–H and O–H groups in total.